The molecule has 1 unspecified atom stereocenters. The number of nitrogens with zero attached hydrogens (tertiary/aromatic N) is 2. The lowest BCUT2D eigenvalue weighted by Gasteiger charge is -2.32. The van der Waals surface area contributed by atoms with Gasteiger partial charge in [-0.2, -0.15) is 0 Å². The molecule has 0 aliphatic carbocycles. The summed E-state index contributed by atoms with van der Waals surface area (Å²) >= 11 is 6.15. The maximum Gasteiger partial charge on any atom is 0.264 e. The van der Waals surface area contributed by atoms with Crippen molar-refractivity contribution in [3.63, 3.8) is 0 Å². The summed E-state index contributed by atoms with van der Waals surface area (Å²) in [6.45, 7) is 7.17. The Kier molecular flexibility index (Phi) is 9.34. The molecule has 0 spiro atoms. The van der Waals surface area contributed by atoms with Gasteiger partial charge in [0, 0.05) is 18.1 Å². The van der Waals surface area contributed by atoms with E-state index in [1.807, 2.05) is 19.9 Å². The number of likely N-dealkylation sites (N-methyl/N-ethyl adjacent to an activating group) is 1. The average Bonchev–Trinajstić information content (AvgIpc) is 2.85. The summed E-state index contributed by atoms with van der Waals surface area (Å²) in [7, 11) is -4.09. The van der Waals surface area contributed by atoms with E-state index in [0.717, 1.165) is 21.0 Å². The molecule has 1 N–H and O–H groups in total. The number of sulfonamides is 1. The average molecular weight is 542 g/mol. The molecule has 0 aliphatic heterocycles. The van der Waals surface area contributed by atoms with Crippen molar-refractivity contribution in [2.24, 2.45) is 0 Å². The SMILES string of the molecule is CCNC(=O)C(C)N(Cc1cccc(Cl)c1)C(=O)CN(c1cc(C)cc(C)c1)S(=O)(=O)c1ccccc1. The minimum absolute atomic E-state index is 0.0696. The van der Waals surface area contributed by atoms with Crippen molar-refractivity contribution >= 4 is 39.1 Å². The summed E-state index contributed by atoms with van der Waals surface area (Å²) < 4.78 is 28.7. The minimum atomic E-state index is -4.09. The maximum absolute atomic E-state index is 13.8. The molecule has 196 valence electrons. The van der Waals surface area contributed by atoms with E-state index >= 15 is 0 Å². The Morgan fingerprint density at radius 2 is 1.59 bits per heavy atom. The van der Waals surface area contributed by atoms with Crippen LogP contribution in [0.15, 0.2) is 77.7 Å². The molecule has 1 atom stereocenters. The third-order valence-electron chi connectivity index (χ3n) is 5.86. The van der Waals surface area contributed by atoms with E-state index in [4.69, 9.17) is 11.6 Å². The van der Waals surface area contributed by atoms with Crippen LogP contribution in [0.25, 0.3) is 0 Å². The van der Waals surface area contributed by atoms with Crippen LogP contribution in [0.3, 0.4) is 0 Å². The number of amides is 2. The van der Waals surface area contributed by atoms with Gasteiger partial charge in [-0.1, -0.05) is 48.0 Å². The summed E-state index contributed by atoms with van der Waals surface area (Å²) in [6, 6.07) is 19.6. The van der Waals surface area contributed by atoms with Crippen LogP contribution < -0.4 is 9.62 Å². The molecule has 0 aliphatic rings. The molecule has 0 bridgehead atoms. The van der Waals surface area contributed by atoms with Crippen molar-refractivity contribution < 1.29 is 18.0 Å². The minimum Gasteiger partial charge on any atom is -0.355 e. The van der Waals surface area contributed by atoms with E-state index in [-0.39, 0.29) is 17.3 Å². The Labute approximate surface area is 224 Å². The number of carbonyl (C=O) groups is 2. The van der Waals surface area contributed by atoms with E-state index in [1.54, 1.807) is 68.4 Å². The first-order chi connectivity index (χ1) is 17.5. The molecule has 0 fully saturated rings. The van der Waals surface area contributed by atoms with Crippen LogP contribution in [0.5, 0.6) is 0 Å². The molecule has 3 aromatic carbocycles. The zero-order chi connectivity index (χ0) is 27.2. The van der Waals surface area contributed by atoms with Gasteiger partial charge in [-0.3, -0.25) is 13.9 Å². The third kappa shape index (κ3) is 7.11. The quantitative estimate of drug-likeness (QED) is 0.403. The van der Waals surface area contributed by atoms with Gasteiger partial charge in [0.05, 0.1) is 10.6 Å². The van der Waals surface area contributed by atoms with Crippen LogP contribution in [0.4, 0.5) is 5.69 Å². The van der Waals surface area contributed by atoms with Gasteiger partial charge in [-0.05, 0) is 80.8 Å². The lowest BCUT2D eigenvalue weighted by Crippen LogP contribution is -2.51. The van der Waals surface area contributed by atoms with Gasteiger partial charge in [0.25, 0.3) is 10.0 Å². The van der Waals surface area contributed by atoms with E-state index in [2.05, 4.69) is 5.32 Å². The van der Waals surface area contributed by atoms with Crippen LogP contribution in [-0.2, 0) is 26.2 Å². The normalized spacial score (nSPS) is 12.0. The zero-order valence-electron chi connectivity index (χ0n) is 21.4. The summed E-state index contributed by atoms with van der Waals surface area (Å²) in [5.41, 5.74) is 2.83. The molecule has 0 aromatic heterocycles. The van der Waals surface area contributed by atoms with Crippen molar-refractivity contribution in [2.75, 3.05) is 17.4 Å². The Bertz CT molecular complexity index is 1340. The Morgan fingerprint density at radius 3 is 2.19 bits per heavy atom. The molecular weight excluding hydrogens is 510 g/mol. The number of nitrogens with one attached hydrogen (secondary N) is 1. The van der Waals surface area contributed by atoms with Crippen molar-refractivity contribution in [1.29, 1.82) is 0 Å². The predicted molar refractivity (Wildman–Crippen MR) is 147 cm³/mol. The van der Waals surface area contributed by atoms with Gasteiger partial charge < -0.3 is 10.2 Å². The van der Waals surface area contributed by atoms with Gasteiger partial charge in [0.1, 0.15) is 12.6 Å². The van der Waals surface area contributed by atoms with Crippen LogP contribution in [0, 0.1) is 13.8 Å². The summed E-state index contributed by atoms with van der Waals surface area (Å²) in [5.74, 6) is -0.848. The summed E-state index contributed by atoms with van der Waals surface area (Å²) in [4.78, 5) is 28.0. The number of hydrogen-bond donors (Lipinski definition) is 1. The number of hydrogen-bond acceptors (Lipinski definition) is 4. The van der Waals surface area contributed by atoms with E-state index in [0.29, 0.717) is 17.3 Å². The number of aryl methyl sites for hydroxylation is 2. The second kappa shape index (κ2) is 12.3. The topological polar surface area (TPSA) is 86.8 Å². The molecule has 37 heavy (non-hydrogen) atoms. The third-order valence-corrected chi connectivity index (χ3v) is 7.89. The fourth-order valence-electron chi connectivity index (χ4n) is 4.08. The number of rotatable bonds is 10. The largest absolute Gasteiger partial charge is 0.355 e. The van der Waals surface area contributed by atoms with Gasteiger partial charge in [-0.15, -0.1) is 0 Å². The molecular formula is C28H32ClN3O4S. The smallest absolute Gasteiger partial charge is 0.264 e. The van der Waals surface area contributed by atoms with Crippen LogP contribution >= 0.6 is 11.6 Å². The van der Waals surface area contributed by atoms with Crippen LogP contribution in [0.2, 0.25) is 5.02 Å². The van der Waals surface area contributed by atoms with Crippen molar-refractivity contribution in [3.05, 3.63) is 94.5 Å². The van der Waals surface area contributed by atoms with E-state index in [9.17, 15) is 18.0 Å². The fraction of sp³-hybridized carbons (Fsp3) is 0.286. The fourth-order valence-corrected chi connectivity index (χ4v) is 5.71. The first-order valence-electron chi connectivity index (χ1n) is 12.0. The highest BCUT2D eigenvalue weighted by Gasteiger charge is 2.32. The molecule has 0 radical (unpaired) electrons. The molecule has 0 saturated heterocycles. The number of halogens is 1. The maximum atomic E-state index is 13.8. The highest BCUT2D eigenvalue weighted by Crippen LogP contribution is 2.26. The highest BCUT2D eigenvalue weighted by atomic mass is 35.5. The predicted octanol–water partition coefficient (Wildman–Crippen LogP) is 4.71. The second-order valence-electron chi connectivity index (χ2n) is 8.89. The van der Waals surface area contributed by atoms with Crippen LogP contribution in [-0.4, -0.2) is 44.3 Å². The van der Waals surface area contributed by atoms with E-state index < -0.39 is 28.5 Å². The van der Waals surface area contributed by atoms with E-state index in [1.165, 1.54) is 17.0 Å². The van der Waals surface area contributed by atoms with Gasteiger partial charge >= 0.3 is 0 Å². The number of carbonyl (C=O) groups excluding carboxylic acids is 2. The Hall–Kier alpha value is -3.36. The van der Waals surface area contributed by atoms with Gasteiger partial charge in [0.15, 0.2) is 0 Å². The first-order valence-corrected chi connectivity index (χ1v) is 13.8. The lowest BCUT2D eigenvalue weighted by atomic mass is 10.1. The first kappa shape index (κ1) is 28.2. The summed E-state index contributed by atoms with van der Waals surface area (Å²) in [6.07, 6.45) is 0. The molecule has 3 rings (SSSR count). The Balaban J connectivity index is 2.05. The van der Waals surface area contributed by atoms with Crippen molar-refractivity contribution in [1.82, 2.24) is 10.2 Å². The van der Waals surface area contributed by atoms with Crippen molar-refractivity contribution in [3.8, 4) is 0 Å². The molecule has 9 heteroatoms. The molecule has 0 saturated carbocycles. The van der Waals surface area contributed by atoms with Crippen LogP contribution in [0.1, 0.15) is 30.5 Å². The second-order valence-corrected chi connectivity index (χ2v) is 11.2. The van der Waals surface area contributed by atoms with Gasteiger partial charge in [-0.25, -0.2) is 8.42 Å². The van der Waals surface area contributed by atoms with Gasteiger partial charge in [0.2, 0.25) is 11.8 Å². The number of anilines is 1. The number of benzene rings is 3. The molecule has 2 amide bonds. The standard InChI is InChI=1S/C28H32ClN3O4S/c1-5-30-28(34)22(4)31(18-23-10-9-11-24(29)17-23)27(33)19-32(25-15-20(2)14-21(3)16-25)37(35,36)26-12-7-6-8-13-26/h6-17,22H,5,18-19H2,1-4H3,(H,30,34). The summed E-state index contributed by atoms with van der Waals surface area (Å²) in [5, 5.41) is 3.24. The zero-order valence-corrected chi connectivity index (χ0v) is 23.0. The Morgan fingerprint density at radius 1 is 0.946 bits per heavy atom. The van der Waals surface area contributed by atoms with Crippen molar-refractivity contribution in [2.45, 2.75) is 45.2 Å². The molecule has 7 nitrogen and oxygen atoms in total. The molecule has 3 aromatic rings. The molecule has 0 heterocycles. The highest BCUT2D eigenvalue weighted by molar-refractivity contribution is 7.92. The lowest BCUT2D eigenvalue weighted by molar-refractivity contribution is -0.139. The monoisotopic (exact) mass is 541 g/mol.